The van der Waals surface area contributed by atoms with Crippen LogP contribution in [0.4, 0.5) is 20.2 Å². The number of hydrogen-bond donors (Lipinski definition) is 3. The number of hydrogen-bond acceptors (Lipinski definition) is 3. The molecule has 0 unspecified atom stereocenters. The molecule has 0 aliphatic carbocycles. The Balaban J connectivity index is 2.70. The summed E-state index contributed by atoms with van der Waals surface area (Å²) in [7, 11) is 0. The topological polar surface area (TPSA) is 58.3 Å². The van der Waals surface area contributed by atoms with Crippen LogP contribution < -0.4 is 11.1 Å². The molecule has 0 fully saturated rings. The number of aliphatic hydroxyl groups excluding tert-OH is 1. The molecule has 1 aromatic carbocycles. The predicted molar refractivity (Wildman–Crippen MR) is 56.1 cm³/mol. The standard InChI is InChI=1S/C10H14F2N2O/c1-7-3-2-4-8(9(7)13)14-5-10(11,12)6-15/h2-4,14-15H,5-6,13H2,1H3. The van der Waals surface area contributed by atoms with Crippen LogP contribution >= 0.6 is 0 Å². The van der Waals surface area contributed by atoms with Gasteiger partial charge in [0.2, 0.25) is 0 Å². The van der Waals surface area contributed by atoms with Crippen molar-refractivity contribution < 1.29 is 13.9 Å². The lowest BCUT2D eigenvalue weighted by molar-refractivity contribution is -0.0372. The van der Waals surface area contributed by atoms with Gasteiger partial charge in [-0.05, 0) is 18.6 Å². The average Bonchev–Trinajstić information content (AvgIpc) is 2.20. The molecule has 1 aromatic rings. The van der Waals surface area contributed by atoms with E-state index in [-0.39, 0.29) is 0 Å². The van der Waals surface area contributed by atoms with Gasteiger partial charge in [0.05, 0.1) is 17.9 Å². The summed E-state index contributed by atoms with van der Waals surface area (Å²) in [6, 6.07) is 5.14. The Labute approximate surface area is 86.9 Å². The van der Waals surface area contributed by atoms with Gasteiger partial charge in [-0.3, -0.25) is 0 Å². The fourth-order valence-electron chi connectivity index (χ4n) is 1.12. The summed E-state index contributed by atoms with van der Waals surface area (Å²) in [6.07, 6.45) is 0. The third-order valence-electron chi connectivity index (χ3n) is 2.09. The third kappa shape index (κ3) is 3.06. The molecule has 0 heterocycles. The van der Waals surface area contributed by atoms with Crippen LogP contribution in [0.5, 0.6) is 0 Å². The highest BCUT2D eigenvalue weighted by molar-refractivity contribution is 5.69. The van der Waals surface area contributed by atoms with Crippen LogP contribution in [0.25, 0.3) is 0 Å². The summed E-state index contributed by atoms with van der Waals surface area (Å²) >= 11 is 0. The van der Waals surface area contributed by atoms with E-state index in [0.717, 1.165) is 5.56 Å². The number of anilines is 2. The highest BCUT2D eigenvalue weighted by atomic mass is 19.3. The molecule has 0 aliphatic heterocycles. The molecule has 0 bridgehead atoms. The van der Waals surface area contributed by atoms with Crippen molar-refractivity contribution in [1.29, 1.82) is 0 Å². The van der Waals surface area contributed by atoms with E-state index in [4.69, 9.17) is 10.8 Å². The van der Waals surface area contributed by atoms with Gasteiger partial charge in [-0.25, -0.2) is 8.78 Å². The summed E-state index contributed by atoms with van der Waals surface area (Å²) < 4.78 is 25.4. The fraction of sp³-hybridized carbons (Fsp3) is 0.400. The van der Waals surface area contributed by atoms with Crippen LogP contribution in [0.1, 0.15) is 5.56 Å². The van der Waals surface area contributed by atoms with Crippen LogP contribution in [0.2, 0.25) is 0 Å². The first kappa shape index (κ1) is 11.7. The number of aryl methyl sites for hydroxylation is 1. The summed E-state index contributed by atoms with van der Waals surface area (Å²) in [4.78, 5) is 0. The lowest BCUT2D eigenvalue weighted by Gasteiger charge is -2.16. The van der Waals surface area contributed by atoms with Crippen LogP contribution in [-0.4, -0.2) is 24.2 Å². The highest BCUT2D eigenvalue weighted by Crippen LogP contribution is 2.23. The third-order valence-corrected chi connectivity index (χ3v) is 2.09. The van der Waals surface area contributed by atoms with Crippen molar-refractivity contribution in [3.05, 3.63) is 23.8 Å². The molecule has 1 rings (SSSR count). The van der Waals surface area contributed by atoms with E-state index in [1.165, 1.54) is 0 Å². The highest BCUT2D eigenvalue weighted by Gasteiger charge is 2.27. The molecule has 0 spiro atoms. The molecule has 0 aliphatic rings. The van der Waals surface area contributed by atoms with Gasteiger partial charge in [-0.1, -0.05) is 12.1 Å². The smallest absolute Gasteiger partial charge is 0.287 e. The summed E-state index contributed by atoms with van der Waals surface area (Å²) in [5, 5.41) is 10.9. The summed E-state index contributed by atoms with van der Waals surface area (Å²) in [5.74, 6) is -3.13. The van der Waals surface area contributed by atoms with Crippen molar-refractivity contribution in [1.82, 2.24) is 0 Å². The van der Waals surface area contributed by atoms with E-state index < -0.39 is 19.1 Å². The van der Waals surface area contributed by atoms with Gasteiger partial charge in [0, 0.05) is 0 Å². The van der Waals surface area contributed by atoms with Gasteiger partial charge in [-0.15, -0.1) is 0 Å². The monoisotopic (exact) mass is 216 g/mol. The number of nitrogens with one attached hydrogen (secondary N) is 1. The second-order valence-corrected chi connectivity index (χ2v) is 3.40. The lowest BCUT2D eigenvalue weighted by atomic mass is 10.1. The molecule has 84 valence electrons. The average molecular weight is 216 g/mol. The van der Waals surface area contributed by atoms with Crippen molar-refractivity contribution in [3.8, 4) is 0 Å². The SMILES string of the molecule is Cc1cccc(NCC(F)(F)CO)c1N. The molecule has 0 saturated heterocycles. The number of nitrogen functional groups attached to an aromatic ring is 1. The number of rotatable bonds is 4. The fourth-order valence-corrected chi connectivity index (χ4v) is 1.12. The molecule has 0 saturated carbocycles. The first-order chi connectivity index (χ1) is 6.96. The first-order valence-electron chi connectivity index (χ1n) is 4.54. The van der Waals surface area contributed by atoms with E-state index in [9.17, 15) is 8.78 Å². The van der Waals surface area contributed by atoms with Crippen LogP contribution in [0.3, 0.4) is 0 Å². The number of nitrogens with two attached hydrogens (primary N) is 1. The Morgan fingerprint density at radius 3 is 2.73 bits per heavy atom. The van der Waals surface area contributed by atoms with Crippen LogP contribution in [0, 0.1) is 6.92 Å². The summed E-state index contributed by atoms with van der Waals surface area (Å²) in [6.45, 7) is -0.00638. The minimum atomic E-state index is -3.13. The molecule has 0 amide bonds. The zero-order valence-electron chi connectivity index (χ0n) is 8.43. The van der Waals surface area contributed by atoms with Crippen molar-refractivity contribution in [2.45, 2.75) is 12.8 Å². The van der Waals surface area contributed by atoms with Crippen molar-refractivity contribution in [2.75, 3.05) is 24.2 Å². The van der Waals surface area contributed by atoms with E-state index in [1.807, 2.05) is 0 Å². The minimum Gasteiger partial charge on any atom is -0.397 e. The Morgan fingerprint density at radius 1 is 1.47 bits per heavy atom. The first-order valence-corrected chi connectivity index (χ1v) is 4.54. The van der Waals surface area contributed by atoms with Gasteiger partial charge in [-0.2, -0.15) is 0 Å². The van der Waals surface area contributed by atoms with Gasteiger partial charge < -0.3 is 16.2 Å². The molecule has 0 atom stereocenters. The Bertz CT molecular complexity index is 342. The maximum Gasteiger partial charge on any atom is 0.287 e. The van der Waals surface area contributed by atoms with E-state index in [2.05, 4.69) is 5.32 Å². The maximum atomic E-state index is 12.7. The number of aliphatic hydroxyl groups is 1. The molecular weight excluding hydrogens is 202 g/mol. The zero-order chi connectivity index (χ0) is 11.5. The van der Waals surface area contributed by atoms with Gasteiger partial charge in [0.1, 0.15) is 6.61 Å². The van der Waals surface area contributed by atoms with Gasteiger partial charge >= 0.3 is 0 Å². The van der Waals surface area contributed by atoms with Crippen molar-refractivity contribution in [3.63, 3.8) is 0 Å². The summed E-state index contributed by atoms with van der Waals surface area (Å²) in [5.41, 5.74) is 7.42. The molecule has 0 radical (unpaired) electrons. The molecule has 5 heteroatoms. The second kappa shape index (κ2) is 4.44. The Kier molecular flexibility index (Phi) is 3.47. The van der Waals surface area contributed by atoms with Gasteiger partial charge in [0.15, 0.2) is 0 Å². The predicted octanol–water partition coefficient (Wildman–Crippen LogP) is 1.62. The van der Waals surface area contributed by atoms with Crippen molar-refractivity contribution in [2.24, 2.45) is 0 Å². The number of benzene rings is 1. The normalized spacial score (nSPS) is 11.5. The van der Waals surface area contributed by atoms with Crippen LogP contribution in [0.15, 0.2) is 18.2 Å². The maximum absolute atomic E-state index is 12.7. The number of alkyl halides is 2. The molecule has 0 aromatic heterocycles. The number of halogens is 2. The van der Waals surface area contributed by atoms with E-state index in [1.54, 1.807) is 25.1 Å². The zero-order valence-corrected chi connectivity index (χ0v) is 8.43. The lowest BCUT2D eigenvalue weighted by Crippen LogP contribution is -2.31. The van der Waals surface area contributed by atoms with Crippen molar-refractivity contribution >= 4 is 11.4 Å². The largest absolute Gasteiger partial charge is 0.397 e. The Hall–Kier alpha value is -1.36. The quantitative estimate of drug-likeness (QED) is 0.670. The minimum absolute atomic E-state index is 0.450. The molecule has 4 N–H and O–H groups in total. The number of para-hydroxylation sites is 1. The molecule has 15 heavy (non-hydrogen) atoms. The molecular formula is C10H14F2N2O. The second-order valence-electron chi connectivity index (χ2n) is 3.40. The van der Waals surface area contributed by atoms with Gasteiger partial charge in [0.25, 0.3) is 5.92 Å². The Morgan fingerprint density at radius 2 is 2.13 bits per heavy atom. The van der Waals surface area contributed by atoms with E-state index >= 15 is 0 Å². The molecule has 3 nitrogen and oxygen atoms in total. The van der Waals surface area contributed by atoms with E-state index in [0.29, 0.717) is 11.4 Å². The van der Waals surface area contributed by atoms with Crippen LogP contribution in [-0.2, 0) is 0 Å².